The third kappa shape index (κ3) is 4.29. The standard InChI is InChI=1S/C27H22N4O3Si/c1-35(2,3)11-10-17-12-19(15-28-14-17)18-8-9-20-23(13-18)24(29-30-25(20)32)16-31-26(33)21-6-4-5-7-22(21)27(31)34/h4-9,12-15H,16H2,1-3H3,(H,30,32). The van der Waals surface area contributed by atoms with Crippen LogP contribution in [0.25, 0.3) is 21.9 Å². The minimum atomic E-state index is -1.53. The van der Waals surface area contributed by atoms with E-state index in [0.29, 0.717) is 27.6 Å². The van der Waals surface area contributed by atoms with Crippen LogP contribution in [0.4, 0.5) is 0 Å². The Morgan fingerprint density at radius 3 is 2.29 bits per heavy atom. The number of imide groups is 1. The van der Waals surface area contributed by atoms with E-state index in [0.717, 1.165) is 21.6 Å². The van der Waals surface area contributed by atoms with E-state index in [4.69, 9.17) is 0 Å². The van der Waals surface area contributed by atoms with Crippen LogP contribution in [-0.2, 0) is 6.54 Å². The molecule has 0 atom stereocenters. The van der Waals surface area contributed by atoms with Gasteiger partial charge in [-0.25, -0.2) is 5.10 Å². The predicted octanol–water partition coefficient (Wildman–Crippen LogP) is 4.01. The van der Waals surface area contributed by atoms with Gasteiger partial charge < -0.3 is 0 Å². The molecule has 2 aromatic heterocycles. The normalized spacial score (nSPS) is 13.1. The number of H-pyrrole nitrogens is 1. The number of fused-ring (bicyclic) bond motifs is 2. The van der Waals surface area contributed by atoms with E-state index in [1.807, 2.05) is 18.2 Å². The number of hydrogen-bond donors (Lipinski definition) is 1. The minimum absolute atomic E-state index is 0.0525. The Morgan fingerprint density at radius 1 is 0.886 bits per heavy atom. The number of benzene rings is 2. The van der Waals surface area contributed by atoms with Gasteiger partial charge in [0.05, 0.1) is 28.8 Å². The Morgan fingerprint density at radius 2 is 1.60 bits per heavy atom. The van der Waals surface area contributed by atoms with Crippen molar-refractivity contribution in [3.63, 3.8) is 0 Å². The van der Waals surface area contributed by atoms with Gasteiger partial charge in [-0.05, 0) is 35.9 Å². The quantitative estimate of drug-likeness (QED) is 0.273. The number of aromatic nitrogens is 3. The summed E-state index contributed by atoms with van der Waals surface area (Å²) in [6, 6.07) is 14.1. The molecule has 8 heteroatoms. The molecular formula is C27H22N4O3Si. The summed E-state index contributed by atoms with van der Waals surface area (Å²) >= 11 is 0. The lowest BCUT2D eigenvalue weighted by molar-refractivity contribution is 0.0640. The molecule has 5 rings (SSSR count). The molecule has 0 bridgehead atoms. The second-order valence-electron chi connectivity index (χ2n) is 9.46. The van der Waals surface area contributed by atoms with Crippen LogP contribution in [0.3, 0.4) is 0 Å². The zero-order valence-corrected chi connectivity index (χ0v) is 20.5. The van der Waals surface area contributed by atoms with Crippen molar-refractivity contribution in [2.75, 3.05) is 0 Å². The van der Waals surface area contributed by atoms with Gasteiger partial charge in [-0.1, -0.05) is 43.8 Å². The molecule has 4 aromatic rings. The molecule has 35 heavy (non-hydrogen) atoms. The SMILES string of the molecule is C[Si](C)(C)C#Cc1cncc(-c2ccc3c(=O)[nH]nc(CN4C(=O)c5ccccc5C4=O)c3c2)c1. The van der Waals surface area contributed by atoms with Crippen LogP contribution >= 0.6 is 0 Å². The van der Waals surface area contributed by atoms with Crippen molar-refractivity contribution in [1.82, 2.24) is 20.1 Å². The van der Waals surface area contributed by atoms with Crippen molar-refractivity contribution in [2.24, 2.45) is 0 Å². The van der Waals surface area contributed by atoms with Gasteiger partial charge in [-0.2, -0.15) is 5.10 Å². The van der Waals surface area contributed by atoms with Crippen molar-refractivity contribution in [3.05, 3.63) is 93.7 Å². The van der Waals surface area contributed by atoms with Crippen molar-refractivity contribution < 1.29 is 9.59 Å². The first-order chi connectivity index (χ1) is 16.7. The van der Waals surface area contributed by atoms with Crippen LogP contribution in [-0.4, -0.2) is 40.0 Å². The maximum Gasteiger partial charge on any atom is 0.272 e. The number of hydrogen-bond acceptors (Lipinski definition) is 5. The largest absolute Gasteiger partial charge is 0.272 e. The van der Waals surface area contributed by atoms with Gasteiger partial charge in [0, 0.05) is 28.9 Å². The number of amides is 2. The first kappa shape index (κ1) is 22.4. The molecule has 1 aliphatic heterocycles. The van der Waals surface area contributed by atoms with Crippen LogP contribution in [0.1, 0.15) is 32.0 Å². The summed E-state index contributed by atoms with van der Waals surface area (Å²) in [4.78, 5) is 43.7. The molecule has 0 radical (unpaired) electrons. The van der Waals surface area contributed by atoms with E-state index < -0.39 is 8.07 Å². The fourth-order valence-corrected chi connectivity index (χ4v) is 4.50. The average Bonchev–Trinajstić information content (AvgIpc) is 3.09. The molecule has 1 N–H and O–H groups in total. The van der Waals surface area contributed by atoms with E-state index >= 15 is 0 Å². The van der Waals surface area contributed by atoms with Gasteiger partial charge in [0.15, 0.2) is 0 Å². The van der Waals surface area contributed by atoms with Crippen molar-refractivity contribution in [1.29, 1.82) is 0 Å². The zero-order valence-electron chi connectivity index (χ0n) is 19.5. The molecule has 0 spiro atoms. The van der Waals surface area contributed by atoms with Crippen LogP contribution in [0, 0.1) is 11.5 Å². The molecule has 2 aromatic carbocycles. The molecule has 172 valence electrons. The molecule has 0 saturated carbocycles. The van der Waals surface area contributed by atoms with Crippen LogP contribution in [0.15, 0.2) is 65.7 Å². The van der Waals surface area contributed by atoms with Crippen molar-refractivity contribution in [3.8, 4) is 22.6 Å². The smallest absolute Gasteiger partial charge is 0.269 e. The molecule has 3 heterocycles. The first-order valence-electron chi connectivity index (χ1n) is 11.2. The second-order valence-corrected chi connectivity index (χ2v) is 14.2. The molecule has 1 aliphatic rings. The van der Waals surface area contributed by atoms with Gasteiger partial charge >= 0.3 is 0 Å². The minimum Gasteiger partial charge on any atom is -0.269 e. The summed E-state index contributed by atoms with van der Waals surface area (Å²) in [7, 11) is -1.53. The van der Waals surface area contributed by atoms with E-state index in [9.17, 15) is 14.4 Å². The first-order valence-corrected chi connectivity index (χ1v) is 14.7. The number of pyridine rings is 1. The van der Waals surface area contributed by atoms with Gasteiger partial charge in [-0.3, -0.25) is 24.3 Å². The van der Waals surface area contributed by atoms with E-state index in [2.05, 4.69) is 46.3 Å². The second kappa shape index (κ2) is 8.45. The monoisotopic (exact) mass is 478 g/mol. The third-order valence-corrected chi connectivity index (χ3v) is 6.58. The summed E-state index contributed by atoms with van der Waals surface area (Å²) in [6.45, 7) is 6.49. The predicted molar refractivity (Wildman–Crippen MR) is 136 cm³/mol. The number of carbonyl (C=O) groups is 2. The molecule has 0 saturated heterocycles. The third-order valence-electron chi connectivity index (χ3n) is 5.71. The Kier molecular flexibility index (Phi) is 5.42. The highest BCUT2D eigenvalue weighted by atomic mass is 28.3. The highest BCUT2D eigenvalue weighted by molar-refractivity contribution is 6.83. The van der Waals surface area contributed by atoms with Gasteiger partial charge in [0.25, 0.3) is 17.4 Å². The fourth-order valence-electron chi connectivity index (χ4n) is 3.98. The topological polar surface area (TPSA) is 96.0 Å². The summed E-state index contributed by atoms with van der Waals surface area (Å²) in [5.41, 5.74) is 6.67. The molecule has 2 amide bonds. The van der Waals surface area contributed by atoms with E-state index in [1.54, 1.807) is 42.7 Å². The number of nitrogens with zero attached hydrogens (tertiary/aromatic N) is 3. The lowest BCUT2D eigenvalue weighted by Crippen LogP contribution is -2.30. The summed E-state index contributed by atoms with van der Waals surface area (Å²) in [6.07, 6.45) is 3.48. The lowest BCUT2D eigenvalue weighted by Gasteiger charge is -2.15. The van der Waals surface area contributed by atoms with Crippen LogP contribution in [0.2, 0.25) is 19.6 Å². The maximum absolute atomic E-state index is 12.9. The number of nitrogens with one attached hydrogen (secondary N) is 1. The molecule has 0 unspecified atom stereocenters. The maximum atomic E-state index is 12.9. The molecule has 7 nitrogen and oxygen atoms in total. The fraction of sp³-hybridized carbons (Fsp3) is 0.148. The Balaban J connectivity index is 1.55. The summed E-state index contributed by atoms with van der Waals surface area (Å²) in [5, 5.41) is 7.68. The van der Waals surface area contributed by atoms with Crippen molar-refractivity contribution in [2.45, 2.75) is 26.2 Å². The van der Waals surface area contributed by atoms with E-state index in [1.165, 1.54) is 0 Å². The zero-order chi connectivity index (χ0) is 24.7. The van der Waals surface area contributed by atoms with Gasteiger partial charge in [-0.15, -0.1) is 5.54 Å². The number of carbonyl (C=O) groups excluding carboxylic acids is 2. The Bertz CT molecular complexity index is 1610. The summed E-state index contributed by atoms with van der Waals surface area (Å²) in [5.74, 6) is 2.47. The highest BCUT2D eigenvalue weighted by Crippen LogP contribution is 2.28. The van der Waals surface area contributed by atoms with Crippen LogP contribution < -0.4 is 5.56 Å². The van der Waals surface area contributed by atoms with E-state index in [-0.39, 0.29) is 23.9 Å². The van der Waals surface area contributed by atoms with Crippen LogP contribution in [0.5, 0.6) is 0 Å². The molecular weight excluding hydrogens is 456 g/mol. The lowest BCUT2D eigenvalue weighted by atomic mass is 10.0. The highest BCUT2D eigenvalue weighted by Gasteiger charge is 2.35. The van der Waals surface area contributed by atoms with Gasteiger partial charge in [0.2, 0.25) is 0 Å². The van der Waals surface area contributed by atoms with Gasteiger partial charge in [0.1, 0.15) is 8.07 Å². The summed E-state index contributed by atoms with van der Waals surface area (Å²) < 4.78 is 0. The molecule has 0 aliphatic carbocycles. The molecule has 0 fully saturated rings. The number of rotatable bonds is 3. The average molecular weight is 479 g/mol. The number of aromatic amines is 1. The Hall–Kier alpha value is -4.35. The Labute approximate surface area is 202 Å². The van der Waals surface area contributed by atoms with Crippen molar-refractivity contribution >= 4 is 30.7 Å².